The quantitative estimate of drug-likeness (QED) is 0.864. The van der Waals surface area contributed by atoms with Crippen LogP contribution in [0.15, 0.2) is 47.4 Å². The second-order valence-electron chi connectivity index (χ2n) is 4.44. The highest BCUT2D eigenvalue weighted by molar-refractivity contribution is 5.91. The molecule has 2 rings (SSSR count). The summed E-state index contributed by atoms with van der Waals surface area (Å²) in [5.74, 6) is -1.10. The number of aromatic nitrogens is 1. The van der Waals surface area contributed by atoms with Gasteiger partial charge in [-0.05, 0) is 36.4 Å². The first kappa shape index (κ1) is 15.3. The third-order valence-corrected chi connectivity index (χ3v) is 2.94. The summed E-state index contributed by atoms with van der Waals surface area (Å²) in [6, 6.07) is 9.30. The number of anilines is 1. The van der Waals surface area contributed by atoms with E-state index in [1.807, 2.05) is 0 Å². The third kappa shape index (κ3) is 3.51. The Morgan fingerprint density at radius 3 is 2.50 bits per heavy atom. The summed E-state index contributed by atoms with van der Waals surface area (Å²) in [7, 11) is 1.54. The van der Waals surface area contributed by atoms with E-state index < -0.39 is 17.4 Å². The van der Waals surface area contributed by atoms with Crippen LogP contribution in [0.25, 0.3) is 0 Å². The van der Waals surface area contributed by atoms with Crippen LogP contribution in [0.4, 0.5) is 5.69 Å². The SMILES string of the molecule is COc1ccc(NC(=O)Cn2cccc(C(=O)O)c2=O)cc1. The summed E-state index contributed by atoms with van der Waals surface area (Å²) >= 11 is 0. The number of ether oxygens (including phenoxy) is 1. The Labute approximate surface area is 125 Å². The number of hydrogen-bond donors (Lipinski definition) is 2. The normalized spacial score (nSPS) is 10.0. The maximum Gasteiger partial charge on any atom is 0.341 e. The van der Waals surface area contributed by atoms with Gasteiger partial charge in [0, 0.05) is 11.9 Å². The molecule has 0 aliphatic rings. The smallest absolute Gasteiger partial charge is 0.341 e. The number of pyridine rings is 1. The topological polar surface area (TPSA) is 97.6 Å². The maximum absolute atomic E-state index is 11.9. The van der Waals surface area contributed by atoms with Crippen molar-refractivity contribution in [3.8, 4) is 5.75 Å². The fourth-order valence-electron chi connectivity index (χ4n) is 1.85. The molecule has 1 heterocycles. The molecule has 0 fully saturated rings. The second-order valence-corrected chi connectivity index (χ2v) is 4.44. The van der Waals surface area contributed by atoms with E-state index in [0.717, 1.165) is 4.57 Å². The van der Waals surface area contributed by atoms with Crippen molar-refractivity contribution in [2.24, 2.45) is 0 Å². The monoisotopic (exact) mass is 302 g/mol. The van der Waals surface area contributed by atoms with E-state index in [1.165, 1.54) is 25.4 Å². The highest BCUT2D eigenvalue weighted by atomic mass is 16.5. The van der Waals surface area contributed by atoms with Crippen molar-refractivity contribution in [1.82, 2.24) is 4.57 Å². The third-order valence-electron chi connectivity index (χ3n) is 2.94. The number of nitrogens with one attached hydrogen (secondary N) is 1. The minimum Gasteiger partial charge on any atom is -0.497 e. The summed E-state index contributed by atoms with van der Waals surface area (Å²) in [5.41, 5.74) is -0.548. The van der Waals surface area contributed by atoms with Crippen molar-refractivity contribution < 1.29 is 19.4 Å². The Morgan fingerprint density at radius 1 is 1.23 bits per heavy atom. The van der Waals surface area contributed by atoms with Crippen LogP contribution in [-0.4, -0.2) is 28.7 Å². The molecule has 0 aliphatic heterocycles. The van der Waals surface area contributed by atoms with E-state index >= 15 is 0 Å². The van der Waals surface area contributed by atoms with Crippen LogP contribution in [0.3, 0.4) is 0 Å². The van der Waals surface area contributed by atoms with Gasteiger partial charge in [0.15, 0.2) is 0 Å². The van der Waals surface area contributed by atoms with Gasteiger partial charge in [0.25, 0.3) is 5.56 Å². The lowest BCUT2D eigenvalue weighted by Gasteiger charge is -2.08. The maximum atomic E-state index is 11.9. The minimum absolute atomic E-state index is 0.272. The first-order valence-electron chi connectivity index (χ1n) is 6.38. The molecule has 0 aliphatic carbocycles. The van der Waals surface area contributed by atoms with Crippen LogP contribution in [-0.2, 0) is 11.3 Å². The molecule has 2 N–H and O–H groups in total. The number of rotatable bonds is 5. The molecule has 114 valence electrons. The number of amides is 1. The number of carboxylic acids is 1. The Hall–Kier alpha value is -3.09. The zero-order chi connectivity index (χ0) is 16.1. The van der Waals surface area contributed by atoms with Crippen molar-refractivity contribution in [3.05, 3.63) is 58.5 Å². The van der Waals surface area contributed by atoms with E-state index in [-0.39, 0.29) is 12.1 Å². The number of carboxylic acid groups (broad SMARTS) is 1. The molecule has 7 heteroatoms. The molecule has 0 bridgehead atoms. The molecule has 0 atom stereocenters. The average molecular weight is 302 g/mol. The van der Waals surface area contributed by atoms with Gasteiger partial charge in [0.2, 0.25) is 5.91 Å². The lowest BCUT2D eigenvalue weighted by atomic mass is 10.2. The minimum atomic E-state index is -1.32. The van der Waals surface area contributed by atoms with Gasteiger partial charge in [-0.3, -0.25) is 9.59 Å². The summed E-state index contributed by atoms with van der Waals surface area (Å²) in [6.45, 7) is -0.272. The number of benzene rings is 1. The van der Waals surface area contributed by atoms with Crippen molar-refractivity contribution in [3.63, 3.8) is 0 Å². The van der Waals surface area contributed by atoms with Gasteiger partial charge in [-0.2, -0.15) is 0 Å². The predicted octanol–water partition coefficient (Wildman–Crippen LogP) is 1.19. The van der Waals surface area contributed by atoms with Crippen LogP contribution < -0.4 is 15.6 Å². The average Bonchev–Trinajstić information content (AvgIpc) is 2.50. The predicted molar refractivity (Wildman–Crippen MR) is 79.3 cm³/mol. The van der Waals surface area contributed by atoms with Crippen LogP contribution in [0.1, 0.15) is 10.4 Å². The molecule has 1 aromatic heterocycles. The largest absolute Gasteiger partial charge is 0.497 e. The second kappa shape index (κ2) is 6.57. The Morgan fingerprint density at radius 2 is 1.91 bits per heavy atom. The standard InChI is InChI=1S/C15H14N2O5/c1-22-11-6-4-10(5-7-11)16-13(18)9-17-8-2-3-12(14(17)19)15(20)21/h2-8H,9H2,1H3,(H,16,18)(H,20,21). The Bertz CT molecular complexity index is 749. The van der Waals surface area contributed by atoms with Gasteiger partial charge in [-0.15, -0.1) is 0 Å². The summed E-state index contributed by atoms with van der Waals surface area (Å²) in [6.07, 6.45) is 1.36. The van der Waals surface area contributed by atoms with Gasteiger partial charge >= 0.3 is 5.97 Å². The number of methoxy groups -OCH3 is 1. The highest BCUT2D eigenvalue weighted by Gasteiger charge is 2.12. The molecule has 0 saturated heterocycles. The lowest BCUT2D eigenvalue weighted by molar-refractivity contribution is -0.116. The number of carbonyl (C=O) groups is 2. The van der Waals surface area contributed by atoms with Gasteiger partial charge < -0.3 is 19.7 Å². The molecule has 0 radical (unpaired) electrons. The number of hydrogen-bond acceptors (Lipinski definition) is 4. The van der Waals surface area contributed by atoms with Crippen molar-refractivity contribution in [1.29, 1.82) is 0 Å². The van der Waals surface area contributed by atoms with Gasteiger partial charge in [0.05, 0.1) is 7.11 Å². The summed E-state index contributed by atoms with van der Waals surface area (Å²) < 4.78 is 6.05. The molecular weight excluding hydrogens is 288 g/mol. The highest BCUT2D eigenvalue weighted by Crippen LogP contribution is 2.14. The molecule has 0 saturated carbocycles. The molecule has 22 heavy (non-hydrogen) atoms. The Kier molecular flexibility index (Phi) is 4.57. The zero-order valence-corrected chi connectivity index (χ0v) is 11.8. The van der Waals surface area contributed by atoms with E-state index in [4.69, 9.17) is 9.84 Å². The summed E-state index contributed by atoms with van der Waals surface area (Å²) in [5, 5.41) is 11.5. The van der Waals surface area contributed by atoms with Crippen LogP contribution in [0.2, 0.25) is 0 Å². The van der Waals surface area contributed by atoms with Crippen molar-refractivity contribution in [2.75, 3.05) is 12.4 Å². The van der Waals surface area contributed by atoms with E-state index in [0.29, 0.717) is 11.4 Å². The molecule has 0 unspecified atom stereocenters. The van der Waals surface area contributed by atoms with Gasteiger partial charge in [0.1, 0.15) is 17.9 Å². The molecule has 0 spiro atoms. The first-order chi connectivity index (χ1) is 10.5. The molecule has 7 nitrogen and oxygen atoms in total. The van der Waals surface area contributed by atoms with Crippen molar-refractivity contribution >= 4 is 17.6 Å². The van der Waals surface area contributed by atoms with E-state index in [1.54, 1.807) is 24.3 Å². The fraction of sp³-hybridized carbons (Fsp3) is 0.133. The summed E-state index contributed by atoms with van der Waals surface area (Å²) in [4.78, 5) is 34.7. The first-order valence-corrected chi connectivity index (χ1v) is 6.38. The number of nitrogens with zero attached hydrogens (tertiary/aromatic N) is 1. The molecule has 2 aromatic rings. The molecule has 1 amide bonds. The van der Waals surface area contributed by atoms with E-state index in [2.05, 4.69) is 5.32 Å². The van der Waals surface area contributed by atoms with Crippen LogP contribution in [0.5, 0.6) is 5.75 Å². The lowest BCUT2D eigenvalue weighted by Crippen LogP contribution is -2.30. The molecular formula is C15H14N2O5. The van der Waals surface area contributed by atoms with Gasteiger partial charge in [-0.1, -0.05) is 0 Å². The van der Waals surface area contributed by atoms with Gasteiger partial charge in [-0.25, -0.2) is 4.79 Å². The Balaban J connectivity index is 2.10. The fourth-order valence-corrected chi connectivity index (χ4v) is 1.85. The number of carbonyl (C=O) groups excluding carboxylic acids is 1. The van der Waals surface area contributed by atoms with Crippen LogP contribution in [0, 0.1) is 0 Å². The van der Waals surface area contributed by atoms with E-state index in [9.17, 15) is 14.4 Å². The zero-order valence-electron chi connectivity index (χ0n) is 11.8. The van der Waals surface area contributed by atoms with Crippen molar-refractivity contribution in [2.45, 2.75) is 6.54 Å². The molecule has 1 aromatic carbocycles. The van der Waals surface area contributed by atoms with Crippen LogP contribution >= 0.6 is 0 Å². The number of aromatic carboxylic acids is 1.